The van der Waals surface area contributed by atoms with Gasteiger partial charge in [-0.3, -0.25) is 9.59 Å². The summed E-state index contributed by atoms with van der Waals surface area (Å²) in [5.41, 5.74) is 1.91. The predicted octanol–water partition coefficient (Wildman–Crippen LogP) is 3.13. The van der Waals surface area contributed by atoms with Crippen molar-refractivity contribution in [2.24, 2.45) is 5.92 Å². The second-order valence-corrected chi connectivity index (χ2v) is 5.66. The van der Waals surface area contributed by atoms with E-state index in [1.807, 2.05) is 31.2 Å². The van der Waals surface area contributed by atoms with Gasteiger partial charge in [-0.1, -0.05) is 30.3 Å². The third-order valence-electron chi connectivity index (χ3n) is 4.04. The van der Waals surface area contributed by atoms with Crippen LogP contribution in [-0.2, 0) is 9.59 Å². The molecule has 3 rings (SSSR count). The van der Waals surface area contributed by atoms with E-state index >= 15 is 0 Å². The summed E-state index contributed by atoms with van der Waals surface area (Å²) >= 11 is 0. The van der Waals surface area contributed by atoms with Crippen LogP contribution < -0.4 is 10.2 Å². The van der Waals surface area contributed by atoms with Crippen LogP contribution in [0, 0.1) is 18.7 Å². The molecule has 2 amide bonds. The minimum absolute atomic E-state index is 0.0893. The van der Waals surface area contributed by atoms with E-state index in [0.717, 1.165) is 11.3 Å². The molecule has 2 aromatic carbocycles. The fourth-order valence-electron chi connectivity index (χ4n) is 2.73. The number of benzene rings is 2. The van der Waals surface area contributed by atoms with Crippen molar-refractivity contribution < 1.29 is 14.0 Å². The maximum absolute atomic E-state index is 13.8. The van der Waals surface area contributed by atoms with Crippen LogP contribution in [0.25, 0.3) is 0 Å². The molecule has 1 heterocycles. The lowest BCUT2D eigenvalue weighted by molar-refractivity contribution is -0.122. The summed E-state index contributed by atoms with van der Waals surface area (Å²) in [6.45, 7) is 2.10. The lowest BCUT2D eigenvalue weighted by Crippen LogP contribution is -2.28. The van der Waals surface area contributed by atoms with E-state index in [2.05, 4.69) is 5.32 Å². The number of aryl methyl sites for hydroxylation is 1. The highest BCUT2D eigenvalue weighted by atomic mass is 19.1. The number of carbonyl (C=O) groups excluding carboxylic acids is 2. The van der Waals surface area contributed by atoms with Crippen LogP contribution in [0.2, 0.25) is 0 Å². The molecular formula is C18H17FN2O2. The van der Waals surface area contributed by atoms with Gasteiger partial charge in [0.15, 0.2) is 0 Å². The van der Waals surface area contributed by atoms with Crippen LogP contribution in [0.15, 0.2) is 48.5 Å². The van der Waals surface area contributed by atoms with Crippen molar-refractivity contribution in [1.82, 2.24) is 0 Å². The summed E-state index contributed by atoms with van der Waals surface area (Å²) in [7, 11) is 0. The third-order valence-corrected chi connectivity index (χ3v) is 4.04. The lowest BCUT2D eigenvalue weighted by atomic mass is 10.1. The molecule has 0 saturated carbocycles. The van der Waals surface area contributed by atoms with E-state index in [1.165, 1.54) is 11.0 Å². The van der Waals surface area contributed by atoms with Gasteiger partial charge in [0.25, 0.3) is 0 Å². The number of para-hydroxylation sites is 2. The number of anilines is 2. The number of nitrogens with zero attached hydrogens (tertiary/aromatic N) is 1. The van der Waals surface area contributed by atoms with E-state index in [4.69, 9.17) is 0 Å². The lowest BCUT2D eigenvalue weighted by Gasteiger charge is -2.17. The first-order valence-electron chi connectivity index (χ1n) is 7.47. The topological polar surface area (TPSA) is 49.4 Å². The normalized spacial score (nSPS) is 17.4. The Kier molecular flexibility index (Phi) is 4.10. The molecule has 2 aromatic rings. The van der Waals surface area contributed by atoms with Crippen molar-refractivity contribution in [1.29, 1.82) is 0 Å². The third kappa shape index (κ3) is 3.08. The first kappa shape index (κ1) is 15.2. The molecule has 0 aliphatic carbocycles. The predicted molar refractivity (Wildman–Crippen MR) is 86.7 cm³/mol. The fraction of sp³-hybridized carbons (Fsp3) is 0.222. The van der Waals surface area contributed by atoms with Gasteiger partial charge in [-0.05, 0) is 30.7 Å². The van der Waals surface area contributed by atoms with Crippen molar-refractivity contribution >= 4 is 23.2 Å². The zero-order valence-corrected chi connectivity index (χ0v) is 12.8. The van der Waals surface area contributed by atoms with Gasteiger partial charge in [-0.15, -0.1) is 0 Å². The van der Waals surface area contributed by atoms with Crippen LogP contribution in [0.5, 0.6) is 0 Å². The highest BCUT2D eigenvalue weighted by Gasteiger charge is 2.36. The zero-order chi connectivity index (χ0) is 16.4. The highest BCUT2D eigenvalue weighted by Crippen LogP contribution is 2.28. The summed E-state index contributed by atoms with van der Waals surface area (Å²) < 4.78 is 13.8. The van der Waals surface area contributed by atoms with Gasteiger partial charge >= 0.3 is 0 Å². The molecular weight excluding hydrogens is 295 g/mol. The SMILES string of the molecule is Cc1ccccc1NC(=O)[C@H]1CC(=O)N(c2ccccc2F)C1. The minimum Gasteiger partial charge on any atom is -0.326 e. The Balaban J connectivity index is 1.74. The van der Waals surface area contributed by atoms with Crippen LogP contribution in [0.1, 0.15) is 12.0 Å². The van der Waals surface area contributed by atoms with Crippen molar-refractivity contribution in [2.45, 2.75) is 13.3 Å². The Hall–Kier alpha value is -2.69. The van der Waals surface area contributed by atoms with Gasteiger partial charge < -0.3 is 10.2 Å². The number of halogens is 1. The van der Waals surface area contributed by atoms with E-state index in [1.54, 1.807) is 18.2 Å². The highest BCUT2D eigenvalue weighted by molar-refractivity contribution is 6.03. The summed E-state index contributed by atoms with van der Waals surface area (Å²) in [6.07, 6.45) is 0.0893. The molecule has 0 spiro atoms. The monoisotopic (exact) mass is 312 g/mol. The second kappa shape index (κ2) is 6.20. The fourth-order valence-corrected chi connectivity index (χ4v) is 2.73. The molecule has 0 aromatic heterocycles. The first-order valence-corrected chi connectivity index (χ1v) is 7.47. The molecule has 1 fully saturated rings. The van der Waals surface area contributed by atoms with E-state index in [-0.39, 0.29) is 30.5 Å². The van der Waals surface area contributed by atoms with E-state index in [9.17, 15) is 14.0 Å². The van der Waals surface area contributed by atoms with Crippen molar-refractivity contribution in [2.75, 3.05) is 16.8 Å². The van der Waals surface area contributed by atoms with Crippen molar-refractivity contribution in [3.05, 3.63) is 59.9 Å². The average molecular weight is 312 g/mol. The van der Waals surface area contributed by atoms with Gasteiger partial charge in [0.1, 0.15) is 5.82 Å². The van der Waals surface area contributed by atoms with E-state index < -0.39 is 11.7 Å². The number of rotatable bonds is 3. The summed E-state index contributed by atoms with van der Waals surface area (Å²) in [6, 6.07) is 13.6. The largest absolute Gasteiger partial charge is 0.326 e. The van der Waals surface area contributed by atoms with Crippen molar-refractivity contribution in [3.63, 3.8) is 0 Å². The molecule has 1 aliphatic heterocycles. The Labute approximate surface area is 133 Å². The molecule has 0 bridgehead atoms. The number of amides is 2. The van der Waals surface area contributed by atoms with Gasteiger partial charge in [0.05, 0.1) is 11.6 Å². The van der Waals surface area contributed by atoms with Crippen LogP contribution in [-0.4, -0.2) is 18.4 Å². The van der Waals surface area contributed by atoms with Gasteiger partial charge in [-0.2, -0.15) is 0 Å². The number of nitrogens with one attached hydrogen (secondary N) is 1. The standard InChI is InChI=1S/C18H17FN2O2/c1-12-6-2-4-8-15(12)20-18(23)13-10-17(22)21(11-13)16-9-5-3-7-14(16)19/h2-9,13H,10-11H2,1H3,(H,20,23)/t13-/m0/s1. The second-order valence-electron chi connectivity index (χ2n) is 5.66. The van der Waals surface area contributed by atoms with Crippen molar-refractivity contribution in [3.8, 4) is 0 Å². The first-order chi connectivity index (χ1) is 11.1. The number of hydrogen-bond acceptors (Lipinski definition) is 2. The maximum atomic E-state index is 13.8. The van der Waals surface area contributed by atoms with Gasteiger partial charge in [-0.25, -0.2) is 4.39 Å². The molecule has 1 N–H and O–H groups in total. The molecule has 1 aliphatic rings. The zero-order valence-electron chi connectivity index (χ0n) is 12.8. The average Bonchev–Trinajstić information content (AvgIpc) is 2.92. The molecule has 1 saturated heterocycles. The molecule has 23 heavy (non-hydrogen) atoms. The minimum atomic E-state index is -0.485. The van der Waals surface area contributed by atoms with Crippen LogP contribution in [0.3, 0.4) is 0 Å². The summed E-state index contributed by atoms with van der Waals surface area (Å²) in [5, 5.41) is 2.85. The van der Waals surface area contributed by atoms with E-state index in [0.29, 0.717) is 0 Å². The van der Waals surface area contributed by atoms with Gasteiger partial charge in [0.2, 0.25) is 11.8 Å². The molecule has 0 unspecified atom stereocenters. The maximum Gasteiger partial charge on any atom is 0.229 e. The molecule has 0 radical (unpaired) electrons. The quantitative estimate of drug-likeness (QED) is 0.946. The summed E-state index contributed by atoms with van der Waals surface area (Å²) in [4.78, 5) is 25.9. The van der Waals surface area contributed by atoms with Crippen LogP contribution >= 0.6 is 0 Å². The summed E-state index contributed by atoms with van der Waals surface area (Å²) in [5.74, 6) is -1.39. The number of carbonyl (C=O) groups is 2. The Morgan fingerprint density at radius 2 is 1.87 bits per heavy atom. The van der Waals surface area contributed by atoms with Crippen LogP contribution in [0.4, 0.5) is 15.8 Å². The molecule has 118 valence electrons. The number of hydrogen-bond donors (Lipinski definition) is 1. The Morgan fingerprint density at radius 1 is 1.17 bits per heavy atom. The molecule has 1 atom stereocenters. The molecule has 5 heteroatoms. The Bertz CT molecular complexity index is 760. The molecule has 4 nitrogen and oxygen atoms in total. The Morgan fingerprint density at radius 3 is 2.61 bits per heavy atom. The van der Waals surface area contributed by atoms with Gasteiger partial charge in [0, 0.05) is 18.7 Å². The smallest absolute Gasteiger partial charge is 0.229 e.